The average molecular weight is 370 g/mol. The van der Waals surface area contributed by atoms with Crippen LogP contribution in [0.2, 0.25) is 0 Å². The number of carbonyl (C=O) groups excluding carboxylic acids is 1. The molecule has 138 valence electrons. The van der Waals surface area contributed by atoms with Crippen LogP contribution in [0.25, 0.3) is 39.4 Å². The molecule has 0 atom stereocenters. The number of fused-ring (bicyclic) bond motifs is 1. The van der Waals surface area contributed by atoms with Gasteiger partial charge in [0.1, 0.15) is 11.5 Å². The van der Waals surface area contributed by atoms with E-state index < -0.39 is 5.91 Å². The predicted molar refractivity (Wildman–Crippen MR) is 110 cm³/mol. The van der Waals surface area contributed by atoms with Gasteiger partial charge in [0.05, 0.1) is 0 Å². The van der Waals surface area contributed by atoms with E-state index in [4.69, 9.17) is 5.73 Å². The third-order valence-corrected chi connectivity index (χ3v) is 4.39. The first-order valence-electron chi connectivity index (χ1n) is 8.68. The fraction of sp³-hybridized carbons (Fsp3) is 0.0476. The summed E-state index contributed by atoms with van der Waals surface area (Å²) in [6.45, 7) is 0. The van der Waals surface area contributed by atoms with Crippen molar-refractivity contribution in [1.82, 2.24) is 19.9 Å². The summed E-state index contributed by atoms with van der Waals surface area (Å²) in [5, 5.41) is 4.06. The summed E-state index contributed by atoms with van der Waals surface area (Å²) in [5.74, 6) is 0.304. The molecule has 7 heteroatoms. The van der Waals surface area contributed by atoms with Crippen molar-refractivity contribution in [2.75, 3.05) is 12.4 Å². The highest BCUT2D eigenvalue weighted by atomic mass is 16.1. The Morgan fingerprint density at radius 3 is 2.79 bits per heavy atom. The Balaban J connectivity index is 1.78. The number of pyridine rings is 3. The van der Waals surface area contributed by atoms with Crippen molar-refractivity contribution in [2.24, 2.45) is 5.73 Å². The molecule has 0 aliphatic carbocycles. The molecule has 0 saturated heterocycles. The minimum atomic E-state index is -0.497. The van der Waals surface area contributed by atoms with E-state index in [0.29, 0.717) is 0 Å². The van der Waals surface area contributed by atoms with E-state index >= 15 is 0 Å². The molecular weight excluding hydrogens is 352 g/mol. The molecule has 4 aromatic heterocycles. The second-order valence-corrected chi connectivity index (χ2v) is 6.24. The van der Waals surface area contributed by atoms with Gasteiger partial charge in [-0.25, -0.2) is 9.97 Å². The van der Waals surface area contributed by atoms with Crippen molar-refractivity contribution in [2.45, 2.75) is 0 Å². The van der Waals surface area contributed by atoms with E-state index in [1.807, 2.05) is 31.4 Å². The molecule has 0 aliphatic rings. The predicted octanol–water partition coefficient (Wildman–Crippen LogP) is 3.23. The van der Waals surface area contributed by atoms with Crippen LogP contribution >= 0.6 is 0 Å². The summed E-state index contributed by atoms with van der Waals surface area (Å²) in [6.07, 6.45) is 11.9. The Morgan fingerprint density at radius 1 is 1.11 bits per heavy atom. The first-order valence-corrected chi connectivity index (χ1v) is 8.68. The number of H-pyrrole nitrogens is 1. The molecule has 4 N–H and O–H groups in total. The number of aromatic nitrogens is 4. The summed E-state index contributed by atoms with van der Waals surface area (Å²) in [6, 6.07) is 7.97. The normalized spacial score (nSPS) is 11.2. The second-order valence-electron chi connectivity index (χ2n) is 6.24. The number of nitrogens with two attached hydrogens (primary N) is 1. The lowest BCUT2D eigenvalue weighted by Gasteiger charge is -2.05. The summed E-state index contributed by atoms with van der Waals surface area (Å²) in [4.78, 5) is 27.2. The minimum absolute atomic E-state index is 0.497. The molecular formula is C21H18N6O. The van der Waals surface area contributed by atoms with Gasteiger partial charge in [-0.15, -0.1) is 0 Å². The Labute approximate surface area is 161 Å². The number of rotatable bonds is 5. The molecule has 0 unspecified atom stereocenters. The van der Waals surface area contributed by atoms with E-state index in [1.165, 1.54) is 6.08 Å². The van der Waals surface area contributed by atoms with Gasteiger partial charge in [-0.3, -0.25) is 9.78 Å². The molecule has 4 heterocycles. The minimum Gasteiger partial charge on any atom is -0.373 e. The van der Waals surface area contributed by atoms with Crippen LogP contribution in [0, 0.1) is 0 Å². The molecule has 4 aromatic rings. The van der Waals surface area contributed by atoms with Crippen molar-refractivity contribution in [3.05, 3.63) is 66.9 Å². The van der Waals surface area contributed by atoms with Gasteiger partial charge in [0.25, 0.3) is 0 Å². The van der Waals surface area contributed by atoms with E-state index in [9.17, 15) is 4.79 Å². The number of primary amides is 1. The molecule has 0 saturated carbocycles. The molecule has 28 heavy (non-hydrogen) atoms. The lowest BCUT2D eigenvalue weighted by molar-refractivity contribution is -0.113. The summed E-state index contributed by atoms with van der Waals surface area (Å²) < 4.78 is 0. The highest BCUT2D eigenvalue weighted by molar-refractivity contribution is 5.96. The number of hydrogen-bond acceptors (Lipinski definition) is 5. The molecule has 0 bridgehead atoms. The number of nitrogens with zero attached hydrogens (tertiary/aromatic N) is 3. The zero-order chi connectivity index (χ0) is 19.5. The number of nitrogens with one attached hydrogen (secondary N) is 2. The van der Waals surface area contributed by atoms with Crippen LogP contribution in [0.1, 0.15) is 5.56 Å². The van der Waals surface area contributed by atoms with Crippen molar-refractivity contribution in [1.29, 1.82) is 0 Å². The standard InChI is InChI=1S/C21H18N6O/c1-23-20-8-14(4-5-25-20)18-12-27-21-17(18)7-16(11-26-21)15-6-13(9-24-10-15)2-3-19(22)28/h2-12H,1H3,(H2,22,28)(H,23,25)(H,26,27)/b3-2+. The monoisotopic (exact) mass is 370 g/mol. The molecule has 4 rings (SSSR count). The smallest absolute Gasteiger partial charge is 0.241 e. The van der Waals surface area contributed by atoms with Gasteiger partial charge in [-0.1, -0.05) is 0 Å². The van der Waals surface area contributed by atoms with E-state index in [2.05, 4.69) is 31.3 Å². The molecule has 0 aliphatic heterocycles. The molecule has 0 radical (unpaired) electrons. The SMILES string of the molecule is CNc1cc(-c2c[nH]c3ncc(-c4cncc(/C=C/C(N)=O)c4)cc23)ccn1. The Bertz CT molecular complexity index is 1190. The first kappa shape index (κ1) is 17.4. The van der Waals surface area contributed by atoms with Gasteiger partial charge in [-0.05, 0) is 41.5 Å². The average Bonchev–Trinajstić information content (AvgIpc) is 3.16. The summed E-state index contributed by atoms with van der Waals surface area (Å²) >= 11 is 0. The second kappa shape index (κ2) is 7.32. The largest absolute Gasteiger partial charge is 0.373 e. The summed E-state index contributed by atoms with van der Waals surface area (Å²) in [5.41, 5.74) is 10.7. The molecule has 1 amide bonds. The fourth-order valence-electron chi connectivity index (χ4n) is 3.02. The maximum atomic E-state index is 11.0. The van der Waals surface area contributed by atoms with Crippen LogP contribution in [0.4, 0.5) is 5.82 Å². The van der Waals surface area contributed by atoms with Gasteiger partial charge in [-0.2, -0.15) is 0 Å². The lowest BCUT2D eigenvalue weighted by Crippen LogP contribution is -2.05. The zero-order valence-electron chi connectivity index (χ0n) is 15.2. The van der Waals surface area contributed by atoms with Crippen molar-refractivity contribution in [3.63, 3.8) is 0 Å². The van der Waals surface area contributed by atoms with Crippen LogP contribution in [0.15, 0.2) is 61.3 Å². The van der Waals surface area contributed by atoms with E-state index in [-0.39, 0.29) is 0 Å². The van der Waals surface area contributed by atoms with Gasteiger partial charge in [0, 0.05) is 66.2 Å². The Hall–Kier alpha value is -4.00. The highest BCUT2D eigenvalue weighted by Gasteiger charge is 2.10. The van der Waals surface area contributed by atoms with Gasteiger partial charge in [0.15, 0.2) is 0 Å². The number of hydrogen-bond donors (Lipinski definition) is 3. The van der Waals surface area contributed by atoms with Gasteiger partial charge >= 0.3 is 0 Å². The maximum absolute atomic E-state index is 11.0. The Kier molecular flexibility index (Phi) is 4.55. The highest BCUT2D eigenvalue weighted by Crippen LogP contribution is 2.31. The zero-order valence-corrected chi connectivity index (χ0v) is 15.2. The maximum Gasteiger partial charge on any atom is 0.241 e. The van der Waals surface area contributed by atoms with Gasteiger partial charge < -0.3 is 16.0 Å². The molecule has 0 spiro atoms. The first-order chi connectivity index (χ1) is 13.6. The summed E-state index contributed by atoms with van der Waals surface area (Å²) in [7, 11) is 1.84. The van der Waals surface area contributed by atoms with Crippen molar-refractivity contribution in [3.8, 4) is 22.3 Å². The number of amides is 1. The molecule has 0 fully saturated rings. The van der Waals surface area contributed by atoms with Crippen LogP contribution < -0.4 is 11.1 Å². The fourth-order valence-corrected chi connectivity index (χ4v) is 3.02. The van der Waals surface area contributed by atoms with Crippen LogP contribution in [0.3, 0.4) is 0 Å². The van der Waals surface area contributed by atoms with Crippen molar-refractivity contribution < 1.29 is 4.79 Å². The lowest BCUT2D eigenvalue weighted by atomic mass is 10.0. The third kappa shape index (κ3) is 3.45. The molecule has 0 aromatic carbocycles. The van der Waals surface area contributed by atoms with Crippen LogP contribution in [-0.2, 0) is 4.79 Å². The third-order valence-electron chi connectivity index (χ3n) is 4.39. The molecule has 7 nitrogen and oxygen atoms in total. The number of anilines is 1. The van der Waals surface area contributed by atoms with E-state index in [0.717, 1.165) is 44.7 Å². The number of carbonyl (C=O) groups is 1. The quantitative estimate of drug-likeness (QED) is 0.467. The van der Waals surface area contributed by atoms with Crippen LogP contribution in [-0.4, -0.2) is 32.9 Å². The van der Waals surface area contributed by atoms with Gasteiger partial charge in [0.2, 0.25) is 5.91 Å². The Morgan fingerprint density at radius 2 is 1.96 bits per heavy atom. The van der Waals surface area contributed by atoms with E-state index in [1.54, 1.807) is 30.9 Å². The van der Waals surface area contributed by atoms with Crippen molar-refractivity contribution >= 4 is 28.8 Å². The number of aromatic amines is 1. The topological polar surface area (TPSA) is 110 Å². The van der Waals surface area contributed by atoms with Crippen LogP contribution in [0.5, 0.6) is 0 Å².